The molecule has 0 N–H and O–H groups in total. The number of thioether (sulfide) groups is 1. The van der Waals surface area contributed by atoms with Crippen LogP contribution >= 0.6 is 11.8 Å². The lowest BCUT2D eigenvalue weighted by molar-refractivity contribution is 0.866. The van der Waals surface area contributed by atoms with Gasteiger partial charge in [0.2, 0.25) is 0 Å². The van der Waals surface area contributed by atoms with Crippen molar-refractivity contribution in [2.75, 3.05) is 5.75 Å². The molecule has 0 atom stereocenters. The lowest BCUT2D eigenvalue weighted by Gasteiger charge is -2.05. The van der Waals surface area contributed by atoms with Crippen molar-refractivity contribution in [3.63, 3.8) is 0 Å². The van der Waals surface area contributed by atoms with Gasteiger partial charge in [0.25, 0.3) is 0 Å². The molecule has 6 heteroatoms. The van der Waals surface area contributed by atoms with E-state index < -0.39 is 0 Å². The highest BCUT2D eigenvalue weighted by Gasteiger charge is 2.20. The number of hydrogen-bond acceptors (Lipinski definition) is 5. The van der Waals surface area contributed by atoms with E-state index in [4.69, 9.17) is 0 Å². The minimum Gasteiger partial charge on any atom is -0.275 e. The number of aromatic nitrogens is 4. The molecule has 0 bridgehead atoms. The molecule has 2 aromatic heterocycles. The third-order valence-electron chi connectivity index (χ3n) is 2.17. The van der Waals surface area contributed by atoms with Crippen LogP contribution in [0.5, 0.6) is 0 Å². The van der Waals surface area contributed by atoms with Gasteiger partial charge in [0, 0.05) is 23.8 Å². The zero-order valence-corrected chi connectivity index (χ0v) is 8.49. The molecule has 15 heavy (non-hydrogen) atoms. The average molecular weight is 218 g/mol. The maximum Gasteiger partial charge on any atom is 0.301 e. The van der Waals surface area contributed by atoms with E-state index in [1.54, 1.807) is 10.8 Å². The summed E-state index contributed by atoms with van der Waals surface area (Å²) in [6, 6.07) is 0. The van der Waals surface area contributed by atoms with Crippen molar-refractivity contribution in [1.82, 2.24) is 19.5 Å². The molecule has 0 saturated heterocycles. The summed E-state index contributed by atoms with van der Waals surface area (Å²) in [5.41, 5.74) is 1.40. The molecule has 0 radical (unpaired) electrons. The predicted molar refractivity (Wildman–Crippen MR) is 57.6 cm³/mol. The van der Waals surface area contributed by atoms with Gasteiger partial charge in [-0.25, -0.2) is 9.97 Å². The first-order valence-corrected chi connectivity index (χ1v) is 5.30. The first-order chi connectivity index (χ1) is 7.27. The molecule has 3 rings (SSSR count). The van der Waals surface area contributed by atoms with E-state index in [-0.39, 0.29) is 5.56 Å². The van der Waals surface area contributed by atoms with Crippen molar-refractivity contribution >= 4 is 28.6 Å². The molecule has 1 aliphatic rings. The molecule has 2 aromatic rings. The van der Waals surface area contributed by atoms with Crippen molar-refractivity contribution in [3.8, 4) is 0 Å². The van der Waals surface area contributed by atoms with E-state index in [0.29, 0.717) is 16.3 Å². The molecule has 0 aromatic carbocycles. The monoisotopic (exact) mass is 218 g/mol. The SMILES string of the molecule is C=C1CSc2nc(=O)c3nccnc3n21. The van der Waals surface area contributed by atoms with Crippen LogP contribution in [0.15, 0.2) is 28.9 Å². The molecule has 0 saturated carbocycles. The molecule has 0 aliphatic carbocycles. The predicted octanol–water partition coefficient (Wildman–Crippen LogP) is 0.763. The summed E-state index contributed by atoms with van der Waals surface area (Å²) < 4.78 is 1.79. The Balaban J connectivity index is 2.56. The topological polar surface area (TPSA) is 60.7 Å². The Morgan fingerprint density at radius 1 is 1.40 bits per heavy atom. The minimum absolute atomic E-state index is 0.296. The van der Waals surface area contributed by atoms with Gasteiger partial charge in [0.1, 0.15) is 0 Å². The van der Waals surface area contributed by atoms with Crippen LogP contribution in [-0.2, 0) is 0 Å². The van der Waals surface area contributed by atoms with Gasteiger partial charge in [-0.15, -0.1) is 0 Å². The molecule has 0 amide bonds. The summed E-state index contributed by atoms with van der Waals surface area (Å²) >= 11 is 1.49. The molecular weight excluding hydrogens is 212 g/mol. The molecule has 74 valence electrons. The van der Waals surface area contributed by atoms with E-state index in [1.165, 1.54) is 18.0 Å². The molecule has 3 heterocycles. The van der Waals surface area contributed by atoms with Crippen LogP contribution in [0.25, 0.3) is 16.9 Å². The van der Waals surface area contributed by atoms with Crippen LogP contribution in [0.2, 0.25) is 0 Å². The van der Waals surface area contributed by atoms with Gasteiger partial charge in [-0.2, -0.15) is 4.98 Å². The van der Waals surface area contributed by atoms with Crippen molar-refractivity contribution in [1.29, 1.82) is 0 Å². The second-order valence-electron chi connectivity index (χ2n) is 3.12. The highest BCUT2D eigenvalue weighted by Crippen LogP contribution is 2.30. The highest BCUT2D eigenvalue weighted by molar-refractivity contribution is 7.99. The Labute approximate surface area is 88.9 Å². The summed E-state index contributed by atoms with van der Waals surface area (Å²) in [5, 5.41) is 0.651. The fraction of sp³-hybridized carbons (Fsp3) is 0.111. The minimum atomic E-state index is -0.327. The van der Waals surface area contributed by atoms with Gasteiger partial charge in [-0.05, 0) is 0 Å². The van der Waals surface area contributed by atoms with Crippen LogP contribution in [0.1, 0.15) is 0 Å². The van der Waals surface area contributed by atoms with E-state index in [1.807, 2.05) is 0 Å². The average Bonchev–Trinajstić information content (AvgIpc) is 2.61. The van der Waals surface area contributed by atoms with Crippen molar-refractivity contribution in [2.45, 2.75) is 5.16 Å². The van der Waals surface area contributed by atoms with E-state index in [0.717, 1.165) is 11.4 Å². The van der Waals surface area contributed by atoms with E-state index >= 15 is 0 Å². The zero-order chi connectivity index (χ0) is 10.4. The van der Waals surface area contributed by atoms with Crippen LogP contribution in [0.3, 0.4) is 0 Å². The quantitative estimate of drug-likeness (QED) is 0.611. The van der Waals surface area contributed by atoms with Crippen LogP contribution in [0.4, 0.5) is 0 Å². The van der Waals surface area contributed by atoms with Crippen LogP contribution < -0.4 is 5.56 Å². The highest BCUT2D eigenvalue weighted by atomic mass is 32.2. The first-order valence-electron chi connectivity index (χ1n) is 4.32. The van der Waals surface area contributed by atoms with Gasteiger partial charge in [0.05, 0.1) is 0 Å². The summed E-state index contributed by atoms with van der Waals surface area (Å²) in [5.74, 6) is 0.738. The third-order valence-corrected chi connectivity index (χ3v) is 3.18. The normalized spacial score (nSPS) is 14.5. The Hall–Kier alpha value is -1.69. The van der Waals surface area contributed by atoms with Gasteiger partial charge < -0.3 is 0 Å². The maximum atomic E-state index is 11.6. The number of hydrogen-bond donors (Lipinski definition) is 0. The van der Waals surface area contributed by atoms with E-state index in [9.17, 15) is 4.79 Å². The lowest BCUT2D eigenvalue weighted by Crippen LogP contribution is -2.14. The third kappa shape index (κ3) is 1.11. The number of fused-ring (bicyclic) bond motifs is 3. The summed E-state index contributed by atoms with van der Waals surface area (Å²) in [4.78, 5) is 23.6. The molecule has 0 fully saturated rings. The van der Waals surface area contributed by atoms with Gasteiger partial charge in [0.15, 0.2) is 16.3 Å². The Bertz CT molecular complexity index is 634. The fourth-order valence-electron chi connectivity index (χ4n) is 1.52. The molecule has 0 unspecified atom stereocenters. The molecule has 1 aliphatic heterocycles. The summed E-state index contributed by atoms with van der Waals surface area (Å²) in [6.45, 7) is 3.91. The Morgan fingerprint density at radius 2 is 2.20 bits per heavy atom. The molecule has 5 nitrogen and oxygen atoms in total. The maximum absolute atomic E-state index is 11.6. The lowest BCUT2D eigenvalue weighted by atomic mass is 10.4. The number of rotatable bonds is 0. The standard InChI is InChI=1S/C9H6N4OS/c1-5-4-15-9-12-8(14)6-7(13(5)9)11-3-2-10-6/h2-3H,1,4H2. The second kappa shape index (κ2) is 2.90. The van der Waals surface area contributed by atoms with Crippen LogP contribution in [-0.4, -0.2) is 25.3 Å². The molecule has 0 spiro atoms. The summed E-state index contributed by atoms with van der Waals surface area (Å²) in [6.07, 6.45) is 3.05. The zero-order valence-electron chi connectivity index (χ0n) is 7.67. The number of nitrogens with zero attached hydrogens (tertiary/aromatic N) is 4. The Kier molecular flexibility index (Phi) is 1.66. The fourth-order valence-corrected chi connectivity index (χ4v) is 2.44. The smallest absolute Gasteiger partial charge is 0.275 e. The van der Waals surface area contributed by atoms with Gasteiger partial charge in [-0.3, -0.25) is 9.36 Å². The van der Waals surface area contributed by atoms with E-state index in [2.05, 4.69) is 21.5 Å². The van der Waals surface area contributed by atoms with Crippen LogP contribution in [0, 0.1) is 0 Å². The molecular formula is C9H6N4OS. The summed E-state index contributed by atoms with van der Waals surface area (Å²) in [7, 11) is 0. The second-order valence-corrected chi connectivity index (χ2v) is 4.06. The largest absolute Gasteiger partial charge is 0.301 e. The van der Waals surface area contributed by atoms with Gasteiger partial charge >= 0.3 is 5.56 Å². The van der Waals surface area contributed by atoms with Gasteiger partial charge in [-0.1, -0.05) is 18.3 Å². The first kappa shape index (κ1) is 8.60. The Morgan fingerprint density at radius 3 is 3.07 bits per heavy atom. The van der Waals surface area contributed by atoms with Crippen molar-refractivity contribution in [2.24, 2.45) is 0 Å². The van der Waals surface area contributed by atoms with Crippen molar-refractivity contribution < 1.29 is 0 Å². The van der Waals surface area contributed by atoms with Crippen molar-refractivity contribution in [3.05, 3.63) is 29.3 Å².